The minimum Gasteiger partial charge on any atom is -0.369 e. The zero-order valence-corrected chi connectivity index (χ0v) is 19.2. The van der Waals surface area contributed by atoms with Crippen molar-refractivity contribution >= 4 is 51.2 Å². The highest BCUT2D eigenvalue weighted by Gasteiger charge is 2.15. The van der Waals surface area contributed by atoms with Gasteiger partial charge >= 0.3 is 0 Å². The van der Waals surface area contributed by atoms with Crippen molar-refractivity contribution < 1.29 is 4.39 Å². The molecule has 1 fully saturated rings. The maximum Gasteiger partial charge on any atom is 0.148 e. The maximum absolute atomic E-state index is 15.0. The van der Waals surface area contributed by atoms with Gasteiger partial charge in [-0.1, -0.05) is 29.3 Å². The second-order valence-electron chi connectivity index (χ2n) is 7.86. The van der Waals surface area contributed by atoms with Crippen molar-refractivity contribution in [2.24, 2.45) is 0 Å². The Bertz CT molecular complexity index is 1290. The fourth-order valence-corrected chi connectivity index (χ4v) is 4.51. The number of anilines is 3. The highest BCUT2D eigenvalue weighted by molar-refractivity contribution is 6.36. The van der Waals surface area contributed by atoms with Gasteiger partial charge in [-0.05, 0) is 42.0 Å². The molecule has 3 heterocycles. The highest BCUT2D eigenvalue weighted by atomic mass is 35.5. The first-order chi connectivity index (χ1) is 16.1. The number of pyridine rings is 1. The standard InChI is InChI=1S/C24H21Cl2FN6/c25-20-2-1-3-21(26)18(20)11-16-10-15-13-29-30-14-19(15)24(31-16)32-23-5-4-17(12-22(23)27)33-8-6-28-7-9-33/h1-5,10,12-14,28H,6-9,11H2,(H,31,32). The number of halogens is 3. The first kappa shape index (κ1) is 21.8. The number of nitrogens with zero attached hydrogens (tertiary/aromatic N) is 4. The van der Waals surface area contributed by atoms with E-state index >= 15 is 4.39 Å². The number of fused-ring (bicyclic) bond motifs is 1. The summed E-state index contributed by atoms with van der Waals surface area (Å²) in [5.41, 5.74) is 2.72. The Morgan fingerprint density at radius 2 is 1.76 bits per heavy atom. The quantitative estimate of drug-likeness (QED) is 0.406. The highest BCUT2D eigenvalue weighted by Crippen LogP contribution is 2.31. The van der Waals surface area contributed by atoms with E-state index in [1.165, 1.54) is 0 Å². The molecule has 9 heteroatoms. The average Bonchev–Trinajstić information content (AvgIpc) is 2.83. The molecule has 0 saturated carbocycles. The molecule has 168 valence electrons. The average molecular weight is 483 g/mol. The Balaban J connectivity index is 1.49. The number of hydrogen-bond donors (Lipinski definition) is 2. The summed E-state index contributed by atoms with van der Waals surface area (Å²) in [5.74, 6) is 0.150. The number of benzene rings is 2. The molecule has 2 aromatic heterocycles. The van der Waals surface area contributed by atoms with Gasteiger partial charge in [-0.15, -0.1) is 0 Å². The molecule has 4 aromatic rings. The van der Waals surface area contributed by atoms with Crippen molar-refractivity contribution in [2.45, 2.75) is 6.42 Å². The van der Waals surface area contributed by atoms with E-state index in [9.17, 15) is 0 Å². The number of nitrogens with one attached hydrogen (secondary N) is 2. The fraction of sp³-hybridized carbons (Fsp3) is 0.208. The van der Waals surface area contributed by atoms with Gasteiger partial charge < -0.3 is 15.5 Å². The lowest BCUT2D eigenvalue weighted by molar-refractivity contribution is 0.585. The van der Waals surface area contributed by atoms with Crippen molar-refractivity contribution in [3.8, 4) is 0 Å². The first-order valence-corrected chi connectivity index (χ1v) is 11.4. The molecule has 0 radical (unpaired) electrons. The van der Waals surface area contributed by atoms with E-state index in [2.05, 4.69) is 25.7 Å². The normalized spacial score (nSPS) is 14.0. The molecule has 33 heavy (non-hydrogen) atoms. The van der Waals surface area contributed by atoms with Crippen LogP contribution in [0, 0.1) is 5.82 Å². The van der Waals surface area contributed by atoms with Crippen LogP contribution in [0.1, 0.15) is 11.3 Å². The van der Waals surface area contributed by atoms with Gasteiger partial charge in [0.1, 0.15) is 11.6 Å². The minimum atomic E-state index is -0.345. The van der Waals surface area contributed by atoms with Gasteiger partial charge in [-0.3, -0.25) is 0 Å². The van der Waals surface area contributed by atoms with E-state index in [4.69, 9.17) is 28.2 Å². The van der Waals surface area contributed by atoms with E-state index in [1.54, 1.807) is 42.7 Å². The summed E-state index contributed by atoms with van der Waals surface area (Å²) in [7, 11) is 0. The Morgan fingerprint density at radius 1 is 1.00 bits per heavy atom. The molecule has 1 aliphatic rings. The van der Waals surface area contributed by atoms with Crippen LogP contribution in [-0.4, -0.2) is 41.4 Å². The summed E-state index contributed by atoms with van der Waals surface area (Å²) in [6.07, 6.45) is 3.70. The summed E-state index contributed by atoms with van der Waals surface area (Å²) in [5, 5.41) is 17.1. The molecular formula is C24H21Cl2FN6. The third-order valence-corrected chi connectivity index (χ3v) is 6.41. The summed E-state index contributed by atoms with van der Waals surface area (Å²) in [6.45, 7) is 3.48. The van der Waals surface area contributed by atoms with Crippen molar-refractivity contribution in [1.82, 2.24) is 20.5 Å². The number of rotatable bonds is 5. The molecule has 0 aliphatic carbocycles. The Kier molecular flexibility index (Phi) is 6.26. The van der Waals surface area contributed by atoms with Gasteiger partial charge in [0.2, 0.25) is 0 Å². The van der Waals surface area contributed by atoms with E-state index < -0.39 is 0 Å². The van der Waals surface area contributed by atoms with Crippen molar-refractivity contribution in [3.05, 3.63) is 82.0 Å². The van der Waals surface area contributed by atoms with Crippen LogP contribution in [0.3, 0.4) is 0 Å². The van der Waals surface area contributed by atoms with E-state index in [0.29, 0.717) is 28.0 Å². The molecule has 0 bridgehead atoms. The molecule has 5 rings (SSSR count). The third-order valence-electron chi connectivity index (χ3n) is 5.70. The van der Waals surface area contributed by atoms with Crippen LogP contribution in [0.5, 0.6) is 0 Å². The monoisotopic (exact) mass is 482 g/mol. The van der Waals surface area contributed by atoms with Crippen LogP contribution in [-0.2, 0) is 6.42 Å². The van der Waals surface area contributed by atoms with Gasteiger partial charge in [-0.2, -0.15) is 10.2 Å². The summed E-state index contributed by atoms with van der Waals surface area (Å²) in [6, 6.07) is 12.5. The molecular weight excluding hydrogens is 462 g/mol. The van der Waals surface area contributed by atoms with Gasteiger partial charge in [0, 0.05) is 64.8 Å². The van der Waals surface area contributed by atoms with Crippen LogP contribution in [0.4, 0.5) is 21.6 Å². The van der Waals surface area contributed by atoms with Crippen molar-refractivity contribution in [3.63, 3.8) is 0 Å². The molecule has 2 aromatic carbocycles. The largest absolute Gasteiger partial charge is 0.369 e. The predicted molar refractivity (Wildman–Crippen MR) is 131 cm³/mol. The first-order valence-electron chi connectivity index (χ1n) is 10.6. The van der Waals surface area contributed by atoms with Crippen LogP contribution < -0.4 is 15.5 Å². The fourth-order valence-electron chi connectivity index (χ4n) is 3.98. The SMILES string of the molecule is Fc1cc(N2CCNCC2)ccc1Nc1nc(Cc2c(Cl)cccc2Cl)cc2cnncc12. The second kappa shape index (κ2) is 9.47. The molecule has 6 nitrogen and oxygen atoms in total. The molecule has 0 amide bonds. The van der Waals surface area contributed by atoms with Crippen LogP contribution in [0.25, 0.3) is 10.8 Å². The minimum absolute atomic E-state index is 0.340. The Labute approximate surface area is 200 Å². The maximum atomic E-state index is 15.0. The lowest BCUT2D eigenvalue weighted by Crippen LogP contribution is -2.43. The van der Waals surface area contributed by atoms with Crippen molar-refractivity contribution in [2.75, 3.05) is 36.4 Å². The lowest BCUT2D eigenvalue weighted by Gasteiger charge is -2.29. The summed E-state index contributed by atoms with van der Waals surface area (Å²) < 4.78 is 15.0. The summed E-state index contributed by atoms with van der Waals surface area (Å²) in [4.78, 5) is 6.91. The topological polar surface area (TPSA) is 66.0 Å². The van der Waals surface area contributed by atoms with Gasteiger partial charge in [0.25, 0.3) is 0 Å². The third kappa shape index (κ3) is 4.71. The van der Waals surface area contributed by atoms with Crippen LogP contribution >= 0.6 is 23.2 Å². The van der Waals surface area contributed by atoms with E-state index in [-0.39, 0.29) is 5.82 Å². The smallest absolute Gasteiger partial charge is 0.148 e. The Hall–Kier alpha value is -3.00. The Morgan fingerprint density at radius 3 is 2.52 bits per heavy atom. The molecule has 0 unspecified atom stereocenters. The molecule has 2 N–H and O–H groups in total. The lowest BCUT2D eigenvalue weighted by atomic mass is 10.1. The zero-order valence-electron chi connectivity index (χ0n) is 17.7. The van der Waals surface area contributed by atoms with Crippen LogP contribution in [0.15, 0.2) is 54.9 Å². The molecule has 1 saturated heterocycles. The summed E-state index contributed by atoms with van der Waals surface area (Å²) >= 11 is 12.7. The second-order valence-corrected chi connectivity index (χ2v) is 8.67. The van der Waals surface area contributed by atoms with Crippen molar-refractivity contribution in [1.29, 1.82) is 0 Å². The molecule has 0 spiro atoms. The van der Waals surface area contributed by atoms with Gasteiger partial charge in [0.15, 0.2) is 0 Å². The number of hydrogen-bond acceptors (Lipinski definition) is 6. The van der Waals surface area contributed by atoms with Gasteiger partial charge in [0.05, 0.1) is 18.1 Å². The van der Waals surface area contributed by atoms with E-state index in [1.807, 2.05) is 12.1 Å². The number of aromatic nitrogens is 3. The van der Waals surface area contributed by atoms with E-state index in [0.717, 1.165) is 53.9 Å². The molecule has 0 atom stereocenters. The van der Waals surface area contributed by atoms with Gasteiger partial charge in [-0.25, -0.2) is 9.37 Å². The zero-order chi connectivity index (χ0) is 22.8. The van der Waals surface area contributed by atoms with Crippen LogP contribution in [0.2, 0.25) is 10.0 Å². The molecule has 1 aliphatic heterocycles. The number of piperazine rings is 1. The predicted octanol–water partition coefficient (Wildman–Crippen LogP) is 5.21.